The molecule has 0 aliphatic heterocycles. The van der Waals surface area contributed by atoms with Gasteiger partial charge in [-0.15, -0.1) is 11.6 Å². The zero-order valence-electron chi connectivity index (χ0n) is 8.84. The summed E-state index contributed by atoms with van der Waals surface area (Å²) >= 11 is 5.52. The molecule has 0 radical (unpaired) electrons. The number of pyridine rings is 1. The van der Waals surface area contributed by atoms with Crippen molar-refractivity contribution in [1.29, 1.82) is 0 Å². The van der Waals surface area contributed by atoms with Crippen LogP contribution in [0.25, 0.3) is 0 Å². The Bertz CT molecular complexity index is 426. The maximum Gasteiger partial charge on any atom is 0.311 e. The number of esters is 1. The summed E-state index contributed by atoms with van der Waals surface area (Å²) in [7, 11) is 1.15. The first kappa shape index (κ1) is 13.8. The van der Waals surface area contributed by atoms with E-state index in [1.165, 1.54) is 0 Å². The first-order valence-corrected chi connectivity index (χ1v) is 5.12. The van der Waals surface area contributed by atoms with Gasteiger partial charge in [-0.05, 0) is 11.6 Å². The fourth-order valence-corrected chi connectivity index (χ4v) is 1.44. The molecule has 3 nitrogen and oxygen atoms in total. The summed E-state index contributed by atoms with van der Waals surface area (Å²) in [6.07, 6.45) is -3.37. The van der Waals surface area contributed by atoms with Crippen LogP contribution in [0.3, 0.4) is 0 Å². The molecule has 1 aromatic heterocycles. The number of methoxy groups -OCH3 is 1. The van der Waals surface area contributed by atoms with E-state index in [1.54, 1.807) is 0 Å². The minimum Gasteiger partial charge on any atom is -0.469 e. The number of aromatic nitrogens is 1. The van der Waals surface area contributed by atoms with Crippen molar-refractivity contribution in [2.45, 2.75) is 18.7 Å². The van der Waals surface area contributed by atoms with Crippen LogP contribution >= 0.6 is 11.6 Å². The van der Waals surface area contributed by atoms with Gasteiger partial charge in [-0.2, -0.15) is 0 Å². The minimum atomic E-state index is -3.05. The van der Waals surface area contributed by atoms with Crippen LogP contribution in [0, 0.1) is 5.82 Å². The van der Waals surface area contributed by atoms with Crippen molar-refractivity contribution in [2.24, 2.45) is 0 Å². The van der Waals surface area contributed by atoms with Gasteiger partial charge < -0.3 is 4.74 Å². The fourth-order valence-electron chi connectivity index (χ4n) is 1.21. The van der Waals surface area contributed by atoms with Crippen molar-refractivity contribution in [3.63, 3.8) is 0 Å². The molecule has 94 valence electrons. The molecule has 1 rings (SSSR count). The third-order valence-corrected chi connectivity index (χ3v) is 2.35. The first-order chi connectivity index (χ1) is 7.99. The molecule has 0 bridgehead atoms. The molecule has 0 amide bonds. The van der Waals surface area contributed by atoms with Gasteiger partial charge >= 0.3 is 5.97 Å². The fraction of sp³-hybridized carbons (Fsp3) is 0.400. The van der Waals surface area contributed by atoms with Crippen molar-refractivity contribution < 1.29 is 22.7 Å². The molecule has 0 N–H and O–H groups in total. The number of nitrogens with zero attached hydrogens (tertiary/aromatic N) is 1. The summed E-state index contributed by atoms with van der Waals surface area (Å²) in [6.45, 7) is 0. The van der Waals surface area contributed by atoms with E-state index in [0.29, 0.717) is 0 Å². The molecule has 0 aliphatic rings. The molecule has 0 saturated carbocycles. The molecule has 0 fully saturated rings. The monoisotopic (exact) mass is 267 g/mol. The quantitative estimate of drug-likeness (QED) is 0.622. The zero-order chi connectivity index (χ0) is 13.0. The number of rotatable bonds is 4. The van der Waals surface area contributed by atoms with Gasteiger partial charge in [0.2, 0.25) is 0 Å². The summed E-state index contributed by atoms with van der Waals surface area (Å²) in [4.78, 5) is 14.4. The second kappa shape index (κ2) is 5.86. The summed E-state index contributed by atoms with van der Waals surface area (Å²) in [5.41, 5.74) is -0.791. The Morgan fingerprint density at radius 3 is 2.71 bits per heavy atom. The van der Waals surface area contributed by atoms with Crippen LogP contribution in [0.15, 0.2) is 6.07 Å². The van der Waals surface area contributed by atoms with Crippen LogP contribution in [-0.4, -0.2) is 18.1 Å². The average Bonchev–Trinajstić information content (AvgIpc) is 2.30. The third-order valence-electron chi connectivity index (χ3n) is 2.06. The Labute approximate surface area is 101 Å². The lowest BCUT2D eigenvalue weighted by Crippen LogP contribution is -2.11. The van der Waals surface area contributed by atoms with Gasteiger partial charge in [0.25, 0.3) is 6.43 Å². The van der Waals surface area contributed by atoms with Crippen molar-refractivity contribution in [2.75, 3.05) is 7.11 Å². The maximum atomic E-state index is 13.2. The molecule has 1 heterocycles. The topological polar surface area (TPSA) is 39.2 Å². The Balaban J connectivity index is 3.16. The first-order valence-electron chi connectivity index (χ1n) is 4.58. The molecule has 17 heavy (non-hydrogen) atoms. The number of carbonyl (C=O) groups excluding carboxylic acids is 1. The van der Waals surface area contributed by atoms with Gasteiger partial charge in [0.1, 0.15) is 5.69 Å². The third kappa shape index (κ3) is 3.33. The molecule has 7 heteroatoms. The summed E-state index contributed by atoms with van der Waals surface area (Å²) in [5, 5.41) is 0. The highest BCUT2D eigenvalue weighted by Crippen LogP contribution is 2.23. The highest BCUT2D eigenvalue weighted by Gasteiger charge is 2.20. The minimum absolute atomic E-state index is 0.00329. The lowest BCUT2D eigenvalue weighted by molar-refractivity contribution is -0.139. The van der Waals surface area contributed by atoms with Gasteiger partial charge in [0.05, 0.1) is 19.2 Å². The number of halogens is 4. The van der Waals surface area contributed by atoms with Crippen molar-refractivity contribution in [3.8, 4) is 0 Å². The number of carbonyl (C=O) groups is 1. The molecular weight excluding hydrogens is 259 g/mol. The zero-order valence-corrected chi connectivity index (χ0v) is 9.60. The summed E-state index contributed by atoms with van der Waals surface area (Å²) in [6, 6.07) is 0.861. The number of ether oxygens (including phenoxy) is 1. The van der Waals surface area contributed by atoms with Crippen LogP contribution < -0.4 is 0 Å². The van der Waals surface area contributed by atoms with E-state index in [1.807, 2.05) is 0 Å². The lowest BCUT2D eigenvalue weighted by atomic mass is 10.1. The van der Waals surface area contributed by atoms with E-state index >= 15 is 0 Å². The molecular formula is C10H9ClF3NO2. The van der Waals surface area contributed by atoms with E-state index in [2.05, 4.69) is 9.72 Å². The van der Waals surface area contributed by atoms with Crippen LogP contribution in [0.5, 0.6) is 0 Å². The Kier molecular flexibility index (Phi) is 4.74. The normalized spacial score (nSPS) is 10.7. The largest absolute Gasteiger partial charge is 0.469 e. The molecule has 1 aromatic rings. The Hall–Kier alpha value is -1.30. The second-order valence-corrected chi connectivity index (χ2v) is 3.42. The highest BCUT2D eigenvalue weighted by molar-refractivity contribution is 6.17. The summed E-state index contributed by atoms with van der Waals surface area (Å²) < 4.78 is 42.4. The smallest absolute Gasteiger partial charge is 0.311 e. The van der Waals surface area contributed by atoms with Crippen molar-refractivity contribution in [3.05, 3.63) is 28.8 Å². The molecule has 0 saturated heterocycles. The van der Waals surface area contributed by atoms with E-state index in [0.717, 1.165) is 13.2 Å². The predicted octanol–water partition coefficient (Wildman–Crippen LogP) is 2.61. The van der Waals surface area contributed by atoms with Crippen LogP contribution in [0.4, 0.5) is 13.2 Å². The Morgan fingerprint density at radius 2 is 2.24 bits per heavy atom. The predicted molar refractivity (Wildman–Crippen MR) is 54.4 cm³/mol. The second-order valence-electron chi connectivity index (χ2n) is 3.15. The van der Waals surface area contributed by atoms with E-state index in [-0.39, 0.29) is 23.6 Å². The molecule has 0 spiro atoms. The van der Waals surface area contributed by atoms with Gasteiger partial charge in [-0.1, -0.05) is 0 Å². The van der Waals surface area contributed by atoms with Gasteiger partial charge in [-0.3, -0.25) is 4.79 Å². The average molecular weight is 268 g/mol. The number of hydrogen-bond acceptors (Lipinski definition) is 3. The maximum absolute atomic E-state index is 13.2. The number of alkyl halides is 3. The number of hydrogen-bond donors (Lipinski definition) is 0. The van der Waals surface area contributed by atoms with E-state index in [9.17, 15) is 18.0 Å². The Morgan fingerprint density at radius 1 is 1.59 bits per heavy atom. The van der Waals surface area contributed by atoms with Gasteiger partial charge in [0.15, 0.2) is 5.82 Å². The van der Waals surface area contributed by atoms with Crippen LogP contribution in [-0.2, 0) is 21.8 Å². The van der Waals surface area contributed by atoms with E-state index < -0.39 is 23.9 Å². The molecule has 0 atom stereocenters. The van der Waals surface area contributed by atoms with Crippen molar-refractivity contribution >= 4 is 17.6 Å². The van der Waals surface area contributed by atoms with Gasteiger partial charge in [-0.25, -0.2) is 18.2 Å². The molecule has 0 aliphatic carbocycles. The molecule has 0 aromatic carbocycles. The van der Waals surface area contributed by atoms with Crippen molar-refractivity contribution in [1.82, 2.24) is 4.98 Å². The SMILES string of the molecule is COC(=O)Cc1nc(C(F)F)c(F)cc1CCl. The van der Waals surface area contributed by atoms with Crippen LogP contribution in [0.2, 0.25) is 0 Å². The van der Waals surface area contributed by atoms with Crippen LogP contribution in [0.1, 0.15) is 23.4 Å². The highest BCUT2D eigenvalue weighted by atomic mass is 35.5. The van der Waals surface area contributed by atoms with E-state index in [4.69, 9.17) is 11.6 Å². The molecule has 0 unspecified atom stereocenters. The lowest BCUT2D eigenvalue weighted by Gasteiger charge is -2.09. The summed E-state index contributed by atoms with van der Waals surface area (Å²) in [5.74, 6) is -1.92. The standard InChI is InChI=1S/C10H9ClF3NO2/c1-17-8(16)3-7-5(4-11)2-6(12)9(15-7)10(13)14/h2,10H,3-4H2,1H3. The van der Waals surface area contributed by atoms with Gasteiger partial charge in [0, 0.05) is 5.88 Å².